The molecule has 1 aliphatic heterocycles. The molecule has 0 amide bonds. The first-order chi connectivity index (χ1) is 12.8. The molecular weight excluding hydrogens is 408 g/mol. The maximum absolute atomic E-state index is 4.40. The van der Waals surface area contributed by atoms with Gasteiger partial charge in [0.1, 0.15) is 0 Å². The van der Waals surface area contributed by atoms with E-state index in [2.05, 4.69) is 60.7 Å². The third-order valence-electron chi connectivity index (χ3n) is 5.12. The number of nitrogens with one attached hydrogen (secondary N) is 2. The van der Waals surface area contributed by atoms with E-state index in [0.717, 1.165) is 30.7 Å². The summed E-state index contributed by atoms with van der Waals surface area (Å²) in [7, 11) is 1.87. The van der Waals surface area contributed by atoms with Crippen molar-refractivity contribution < 1.29 is 0 Å². The minimum absolute atomic E-state index is 0.571. The molecule has 1 saturated carbocycles. The van der Waals surface area contributed by atoms with E-state index < -0.39 is 0 Å². The Kier molecular flexibility index (Phi) is 8.14. The number of hydrogen-bond donors (Lipinski definition) is 2. The van der Waals surface area contributed by atoms with Gasteiger partial charge in [-0.3, -0.25) is 4.99 Å². The monoisotopic (exact) mass is 438 g/mol. The topological polar surface area (TPSA) is 39.7 Å². The standard InChI is InChI=1S/C20H31BrN4S/c1-22-20(24-16-10-13-25(14-11-16)17-8-9-17)23-12-4-5-15-26-19-7-3-2-6-18(19)21/h2-3,6-7,16-17H,4-5,8-15H2,1H3,(H2,22,23,24). The average Bonchev–Trinajstić information content (AvgIpc) is 3.50. The number of rotatable bonds is 8. The zero-order chi connectivity index (χ0) is 18.2. The van der Waals surface area contributed by atoms with E-state index in [1.807, 2.05) is 18.8 Å². The van der Waals surface area contributed by atoms with Gasteiger partial charge in [0.05, 0.1) is 0 Å². The minimum atomic E-state index is 0.571. The fourth-order valence-electron chi connectivity index (χ4n) is 3.41. The third kappa shape index (κ3) is 6.46. The number of hydrogen-bond acceptors (Lipinski definition) is 3. The lowest BCUT2D eigenvalue weighted by atomic mass is 10.1. The molecule has 2 N–H and O–H groups in total. The van der Waals surface area contributed by atoms with Crippen molar-refractivity contribution in [1.29, 1.82) is 0 Å². The SMILES string of the molecule is CN=C(NCCCCSc1ccccc1Br)NC1CCN(C2CC2)CC1. The summed E-state index contributed by atoms with van der Waals surface area (Å²) >= 11 is 5.53. The molecule has 0 radical (unpaired) electrons. The van der Waals surface area contributed by atoms with Crippen molar-refractivity contribution >= 4 is 33.7 Å². The summed E-state index contributed by atoms with van der Waals surface area (Å²) in [6.45, 7) is 3.47. The Labute approximate surface area is 170 Å². The highest BCUT2D eigenvalue weighted by atomic mass is 79.9. The largest absolute Gasteiger partial charge is 0.356 e. The van der Waals surface area contributed by atoms with Crippen LogP contribution in [0.15, 0.2) is 38.6 Å². The van der Waals surface area contributed by atoms with Gasteiger partial charge in [0.15, 0.2) is 5.96 Å². The Morgan fingerprint density at radius 1 is 1.19 bits per heavy atom. The van der Waals surface area contributed by atoms with E-state index in [9.17, 15) is 0 Å². The van der Waals surface area contributed by atoms with Crippen molar-refractivity contribution in [2.75, 3.05) is 32.4 Å². The molecular formula is C20H31BrN4S. The Hall–Kier alpha value is -0.720. The molecule has 0 spiro atoms. The summed E-state index contributed by atoms with van der Waals surface area (Å²) < 4.78 is 1.19. The number of aliphatic imine (C=N–C) groups is 1. The van der Waals surface area contributed by atoms with Crippen LogP contribution in [0.2, 0.25) is 0 Å². The summed E-state index contributed by atoms with van der Waals surface area (Å²) in [5.74, 6) is 2.11. The van der Waals surface area contributed by atoms with Gasteiger partial charge >= 0.3 is 0 Å². The Bertz CT molecular complexity index is 583. The predicted octanol–water partition coefficient (Wildman–Crippen LogP) is 4.11. The molecule has 6 heteroatoms. The Morgan fingerprint density at radius 2 is 1.96 bits per heavy atom. The van der Waals surface area contributed by atoms with Gasteiger partial charge in [0.2, 0.25) is 0 Å². The minimum Gasteiger partial charge on any atom is -0.356 e. The third-order valence-corrected chi connectivity index (χ3v) is 7.23. The molecule has 3 rings (SSSR count). The summed E-state index contributed by atoms with van der Waals surface area (Å²) in [5.41, 5.74) is 0. The highest BCUT2D eigenvalue weighted by Crippen LogP contribution is 2.29. The first-order valence-corrected chi connectivity index (χ1v) is 11.6. The zero-order valence-electron chi connectivity index (χ0n) is 15.7. The first kappa shape index (κ1) is 20.0. The van der Waals surface area contributed by atoms with Crippen LogP contribution < -0.4 is 10.6 Å². The molecule has 1 aromatic carbocycles. The molecule has 0 unspecified atom stereocenters. The van der Waals surface area contributed by atoms with Gasteiger partial charge in [-0.1, -0.05) is 12.1 Å². The number of thioether (sulfide) groups is 1. The van der Waals surface area contributed by atoms with Gasteiger partial charge in [0, 0.05) is 48.1 Å². The molecule has 0 atom stereocenters. The number of unbranched alkanes of at least 4 members (excludes halogenated alkanes) is 1. The maximum atomic E-state index is 4.40. The van der Waals surface area contributed by atoms with Gasteiger partial charge in [-0.25, -0.2) is 0 Å². The molecule has 1 saturated heterocycles. The highest BCUT2D eigenvalue weighted by Gasteiger charge is 2.31. The predicted molar refractivity (Wildman–Crippen MR) is 116 cm³/mol. The molecule has 26 heavy (non-hydrogen) atoms. The average molecular weight is 439 g/mol. The molecule has 2 aliphatic rings. The summed E-state index contributed by atoms with van der Waals surface area (Å²) in [6.07, 6.45) is 7.68. The van der Waals surface area contributed by atoms with Crippen LogP contribution in [0, 0.1) is 0 Å². The van der Waals surface area contributed by atoms with Crippen LogP contribution in [0.5, 0.6) is 0 Å². The molecule has 2 fully saturated rings. The number of piperidine rings is 1. The fraction of sp³-hybridized carbons (Fsp3) is 0.650. The van der Waals surface area contributed by atoms with Crippen molar-refractivity contribution in [3.63, 3.8) is 0 Å². The van der Waals surface area contributed by atoms with Crippen LogP contribution in [0.1, 0.15) is 38.5 Å². The highest BCUT2D eigenvalue weighted by molar-refractivity contribution is 9.10. The van der Waals surface area contributed by atoms with Gasteiger partial charge in [-0.2, -0.15) is 0 Å². The van der Waals surface area contributed by atoms with Crippen LogP contribution >= 0.6 is 27.7 Å². The van der Waals surface area contributed by atoms with Crippen molar-refractivity contribution in [1.82, 2.24) is 15.5 Å². The molecule has 144 valence electrons. The fourth-order valence-corrected chi connectivity index (χ4v) is 4.99. The van der Waals surface area contributed by atoms with Crippen molar-refractivity contribution in [3.05, 3.63) is 28.7 Å². The number of likely N-dealkylation sites (tertiary alicyclic amines) is 1. The van der Waals surface area contributed by atoms with Crippen molar-refractivity contribution in [2.24, 2.45) is 4.99 Å². The van der Waals surface area contributed by atoms with Gasteiger partial charge < -0.3 is 15.5 Å². The Morgan fingerprint density at radius 3 is 2.65 bits per heavy atom. The van der Waals surface area contributed by atoms with E-state index in [0.29, 0.717) is 6.04 Å². The van der Waals surface area contributed by atoms with E-state index in [4.69, 9.17) is 0 Å². The number of benzene rings is 1. The molecule has 1 aromatic rings. The van der Waals surface area contributed by atoms with E-state index >= 15 is 0 Å². The Balaban J connectivity index is 1.25. The number of guanidine groups is 1. The zero-order valence-corrected chi connectivity index (χ0v) is 18.1. The van der Waals surface area contributed by atoms with Crippen LogP contribution in [-0.2, 0) is 0 Å². The van der Waals surface area contributed by atoms with E-state index in [1.165, 1.54) is 54.6 Å². The number of nitrogens with zero attached hydrogens (tertiary/aromatic N) is 2. The van der Waals surface area contributed by atoms with Crippen LogP contribution in [0.25, 0.3) is 0 Å². The second-order valence-corrected chi connectivity index (χ2v) is 9.16. The second kappa shape index (κ2) is 10.6. The summed E-state index contributed by atoms with van der Waals surface area (Å²) in [6, 6.07) is 9.92. The quantitative estimate of drug-likeness (QED) is 0.277. The van der Waals surface area contributed by atoms with Crippen LogP contribution in [0.4, 0.5) is 0 Å². The number of halogens is 1. The summed E-state index contributed by atoms with van der Waals surface area (Å²) in [4.78, 5) is 8.39. The molecule has 0 bridgehead atoms. The normalized spacial score (nSPS) is 19.5. The van der Waals surface area contributed by atoms with Crippen LogP contribution in [0.3, 0.4) is 0 Å². The molecule has 1 aliphatic carbocycles. The van der Waals surface area contributed by atoms with E-state index in [-0.39, 0.29) is 0 Å². The van der Waals surface area contributed by atoms with Crippen LogP contribution in [-0.4, -0.2) is 55.4 Å². The van der Waals surface area contributed by atoms with Gasteiger partial charge in [-0.05, 0) is 72.3 Å². The van der Waals surface area contributed by atoms with E-state index in [1.54, 1.807) is 0 Å². The lowest BCUT2D eigenvalue weighted by molar-refractivity contribution is 0.197. The maximum Gasteiger partial charge on any atom is 0.191 e. The van der Waals surface area contributed by atoms with Crippen molar-refractivity contribution in [3.8, 4) is 0 Å². The van der Waals surface area contributed by atoms with Gasteiger partial charge in [0.25, 0.3) is 0 Å². The smallest absolute Gasteiger partial charge is 0.191 e. The first-order valence-electron chi connectivity index (χ1n) is 9.85. The second-order valence-electron chi connectivity index (χ2n) is 7.17. The molecule has 0 aromatic heterocycles. The van der Waals surface area contributed by atoms with Gasteiger partial charge in [-0.15, -0.1) is 11.8 Å². The lowest BCUT2D eigenvalue weighted by Crippen LogP contribution is -2.49. The van der Waals surface area contributed by atoms with Crippen molar-refractivity contribution in [2.45, 2.75) is 55.5 Å². The molecule has 4 nitrogen and oxygen atoms in total. The molecule has 1 heterocycles. The summed E-state index contributed by atoms with van der Waals surface area (Å²) in [5, 5.41) is 7.09. The lowest BCUT2D eigenvalue weighted by Gasteiger charge is -2.33.